The molecule has 32 heavy (non-hydrogen) atoms. The third-order valence-electron chi connectivity index (χ3n) is 4.91. The molecule has 0 fully saturated rings. The van der Waals surface area contributed by atoms with Crippen molar-refractivity contribution >= 4 is 43.7 Å². The van der Waals surface area contributed by atoms with Gasteiger partial charge in [0.1, 0.15) is 16.3 Å². The molecule has 0 aliphatic rings. The average molecular weight is 446 g/mol. The molecule has 0 amide bonds. The lowest BCUT2D eigenvalue weighted by Crippen LogP contribution is -2.01. The van der Waals surface area contributed by atoms with E-state index in [1.165, 1.54) is 19.2 Å². The fraction of sp³-hybridized carbons (Fsp3) is 0.0435. The van der Waals surface area contributed by atoms with Gasteiger partial charge in [0.05, 0.1) is 17.6 Å². The Bertz CT molecular complexity index is 1480. The van der Waals surface area contributed by atoms with Crippen molar-refractivity contribution in [2.24, 2.45) is 10.2 Å². The molecule has 9 heteroatoms. The van der Waals surface area contributed by atoms with Crippen molar-refractivity contribution < 1.29 is 17.8 Å². The van der Waals surface area contributed by atoms with Gasteiger partial charge in [-0.15, -0.1) is 10.2 Å². The predicted octanol–water partition coefficient (Wildman–Crippen LogP) is 5.35. The first-order valence-electron chi connectivity index (χ1n) is 9.52. The first-order chi connectivity index (χ1) is 15.3. The van der Waals surface area contributed by atoms with Crippen molar-refractivity contribution in [3.63, 3.8) is 0 Å². The van der Waals surface area contributed by atoms with Crippen molar-refractivity contribution in [1.82, 2.24) is 4.98 Å². The summed E-state index contributed by atoms with van der Waals surface area (Å²) in [4.78, 5) is 15.9. The maximum atomic E-state index is 11.9. The van der Waals surface area contributed by atoms with E-state index < -0.39 is 10.1 Å². The van der Waals surface area contributed by atoms with Crippen molar-refractivity contribution in [3.8, 4) is 11.3 Å². The number of hydrogen-bond donors (Lipinski definition) is 2. The molecule has 3 aromatic carbocycles. The van der Waals surface area contributed by atoms with E-state index in [2.05, 4.69) is 15.2 Å². The van der Waals surface area contributed by atoms with E-state index in [0.717, 1.165) is 0 Å². The number of benzene rings is 3. The second-order valence-corrected chi connectivity index (χ2v) is 8.42. The molecule has 0 radical (unpaired) electrons. The summed E-state index contributed by atoms with van der Waals surface area (Å²) in [6.07, 6.45) is 1.48. The Balaban J connectivity index is 1.72. The lowest BCUT2D eigenvalue weighted by molar-refractivity contribution is 0.101. The van der Waals surface area contributed by atoms with E-state index in [0.29, 0.717) is 33.3 Å². The van der Waals surface area contributed by atoms with Gasteiger partial charge in [0.25, 0.3) is 10.1 Å². The summed E-state index contributed by atoms with van der Waals surface area (Å²) < 4.78 is 33.3. The Labute approximate surface area is 184 Å². The highest BCUT2D eigenvalue weighted by Crippen LogP contribution is 2.36. The zero-order valence-corrected chi connectivity index (χ0v) is 17.7. The molecule has 0 saturated heterocycles. The summed E-state index contributed by atoms with van der Waals surface area (Å²) in [5.41, 5.74) is 8.77. The van der Waals surface area contributed by atoms with Crippen LogP contribution in [0.3, 0.4) is 0 Å². The van der Waals surface area contributed by atoms with Crippen LogP contribution < -0.4 is 5.73 Å². The third-order valence-corrected chi connectivity index (χ3v) is 5.80. The van der Waals surface area contributed by atoms with Crippen molar-refractivity contribution in [2.75, 3.05) is 5.73 Å². The maximum absolute atomic E-state index is 11.9. The van der Waals surface area contributed by atoms with Crippen LogP contribution in [0.2, 0.25) is 0 Å². The van der Waals surface area contributed by atoms with E-state index in [4.69, 9.17) is 5.73 Å². The molecule has 4 aromatic rings. The number of carbonyl (C=O) groups excluding carboxylic acids is 1. The number of Topliss-reactive ketones (excluding diaryl/α,β-unsaturated/α-hetero) is 1. The summed E-state index contributed by atoms with van der Waals surface area (Å²) >= 11 is 0. The number of hydrogen-bond acceptors (Lipinski definition) is 7. The van der Waals surface area contributed by atoms with Gasteiger partial charge in [-0.05, 0) is 25.1 Å². The second-order valence-electron chi connectivity index (χ2n) is 7.03. The Kier molecular flexibility index (Phi) is 5.52. The zero-order chi connectivity index (χ0) is 22.9. The first-order valence-corrected chi connectivity index (χ1v) is 11.0. The van der Waals surface area contributed by atoms with Crippen molar-refractivity contribution in [1.29, 1.82) is 0 Å². The minimum absolute atomic E-state index is 0.0624. The normalized spacial score (nSPS) is 11.8. The molecule has 0 aliphatic carbocycles. The van der Waals surface area contributed by atoms with Gasteiger partial charge in [0, 0.05) is 21.9 Å². The molecule has 0 aliphatic heterocycles. The molecule has 0 atom stereocenters. The molecular formula is C23H18N4O4S. The zero-order valence-electron chi connectivity index (χ0n) is 16.9. The maximum Gasteiger partial charge on any atom is 0.295 e. The molecule has 0 bridgehead atoms. The minimum Gasteiger partial charge on any atom is -0.396 e. The number of anilines is 1. The number of ketones is 1. The molecule has 3 N–H and O–H groups in total. The number of aromatic nitrogens is 1. The van der Waals surface area contributed by atoms with Gasteiger partial charge in [-0.25, -0.2) is 0 Å². The monoisotopic (exact) mass is 446 g/mol. The molecular weight excluding hydrogens is 428 g/mol. The molecule has 1 aromatic heterocycles. The SMILES string of the molecule is CC(=O)c1ccccc1-c1ccc(/N=N/c2cc(S(=O)(=O)O)c3ccccc3c2N)cn1. The highest BCUT2D eigenvalue weighted by molar-refractivity contribution is 7.86. The van der Waals surface area contributed by atoms with Crippen LogP contribution in [0.15, 0.2) is 88.1 Å². The number of nitrogens with zero attached hydrogens (tertiary/aromatic N) is 3. The average Bonchev–Trinajstić information content (AvgIpc) is 2.78. The van der Waals surface area contributed by atoms with Gasteiger partial charge in [0.15, 0.2) is 5.78 Å². The number of azo groups is 1. The third kappa shape index (κ3) is 4.11. The Morgan fingerprint density at radius 1 is 0.969 bits per heavy atom. The van der Waals surface area contributed by atoms with Gasteiger partial charge in [-0.3, -0.25) is 14.3 Å². The number of carbonyl (C=O) groups is 1. The number of fused-ring (bicyclic) bond motifs is 1. The van der Waals surface area contributed by atoms with Gasteiger partial charge in [-0.1, -0.05) is 48.5 Å². The fourth-order valence-corrected chi connectivity index (χ4v) is 4.09. The summed E-state index contributed by atoms with van der Waals surface area (Å²) in [6, 6.07) is 18.3. The second kappa shape index (κ2) is 8.29. The fourth-order valence-electron chi connectivity index (χ4n) is 3.38. The summed E-state index contributed by atoms with van der Waals surface area (Å²) in [5.74, 6) is -0.0624. The number of rotatable bonds is 5. The van der Waals surface area contributed by atoms with Crippen LogP contribution in [-0.4, -0.2) is 23.7 Å². The lowest BCUT2D eigenvalue weighted by Gasteiger charge is -2.09. The van der Waals surface area contributed by atoms with E-state index in [9.17, 15) is 17.8 Å². The molecule has 0 saturated carbocycles. The number of nitrogens with two attached hydrogens (primary N) is 1. The standard InChI is InChI=1S/C23H18N4O4S/c1-14(28)16-6-2-3-7-17(16)20-11-10-15(13-25-20)26-27-21-12-22(32(29,30)31)18-8-4-5-9-19(18)23(21)24/h2-13H,24H2,1H3,(H,29,30,31)/b27-26+. The van der Waals surface area contributed by atoms with Crippen LogP contribution >= 0.6 is 0 Å². The quantitative estimate of drug-likeness (QED) is 0.184. The molecule has 0 spiro atoms. The highest BCUT2D eigenvalue weighted by atomic mass is 32.2. The van der Waals surface area contributed by atoms with Crippen LogP contribution in [-0.2, 0) is 10.1 Å². The van der Waals surface area contributed by atoms with Crippen LogP contribution in [0.4, 0.5) is 17.1 Å². The van der Waals surface area contributed by atoms with Crippen LogP contribution in [0, 0.1) is 0 Å². The first kappa shape index (κ1) is 21.3. The van der Waals surface area contributed by atoms with Crippen molar-refractivity contribution in [3.05, 3.63) is 78.5 Å². The van der Waals surface area contributed by atoms with Gasteiger partial charge < -0.3 is 5.73 Å². The van der Waals surface area contributed by atoms with Crippen LogP contribution in [0.25, 0.3) is 22.0 Å². The van der Waals surface area contributed by atoms with E-state index >= 15 is 0 Å². The largest absolute Gasteiger partial charge is 0.396 e. The molecule has 0 unspecified atom stereocenters. The summed E-state index contributed by atoms with van der Waals surface area (Å²) in [7, 11) is -4.50. The number of nitrogen functional groups attached to an aromatic ring is 1. The lowest BCUT2D eigenvalue weighted by atomic mass is 10.0. The van der Waals surface area contributed by atoms with E-state index in [-0.39, 0.29) is 22.1 Å². The van der Waals surface area contributed by atoms with Crippen LogP contribution in [0.1, 0.15) is 17.3 Å². The molecule has 1 heterocycles. The Hall–Kier alpha value is -3.95. The van der Waals surface area contributed by atoms with E-state index in [1.807, 2.05) is 12.1 Å². The number of pyridine rings is 1. The van der Waals surface area contributed by atoms with Gasteiger partial charge >= 0.3 is 0 Å². The minimum atomic E-state index is -4.50. The summed E-state index contributed by atoms with van der Waals surface area (Å²) in [6.45, 7) is 1.50. The highest BCUT2D eigenvalue weighted by Gasteiger charge is 2.18. The van der Waals surface area contributed by atoms with Crippen LogP contribution in [0.5, 0.6) is 0 Å². The molecule has 8 nitrogen and oxygen atoms in total. The predicted molar refractivity (Wildman–Crippen MR) is 122 cm³/mol. The topological polar surface area (TPSA) is 135 Å². The Morgan fingerprint density at radius 3 is 2.31 bits per heavy atom. The van der Waals surface area contributed by atoms with Crippen molar-refractivity contribution in [2.45, 2.75) is 11.8 Å². The Morgan fingerprint density at radius 2 is 1.66 bits per heavy atom. The van der Waals surface area contributed by atoms with Gasteiger partial charge in [-0.2, -0.15) is 8.42 Å². The van der Waals surface area contributed by atoms with Gasteiger partial charge in [0.2, 0.25) is 0 Å². The summed E-state index contributed by atoms with van der Waals surface area (Å²) in [5, 5.41) is 8.91. The molecule has 4 rings (SSSR count). The molecule has 160 valence electrons. The van der Waals surface area contributed by atoms with E-state index in [1.54, 1.807) is 48.5 Å². The smallest absolute Gasteiger partial charge is 0.295 e.